The maximum atomic E-state index is 13.4. The summed E-state index contributed by atoms with van der Waals surface area (Å²) < 4.78 is 40.1. The van der Waals surface area contributed by atoms with Gasteiger partial charge < -0.3 is 0 Å². The zero-order valence-corrected chi connectivity index (χ0v) is 12.6. The number of halogens is 1. The van der Waals surface area contributed by atoms with E-state index in [4.69, 9.17) is 0 Å². The molecule has 3 rings (SSSR count). The number of aryl methyl sites for hydroxylation is 1. The van der Waals surface area contributed by atoms with Crippen LogP contribution in [0.4, 0.5) is 4.39 Å². The minimum atomic E-state index is -3.64. The second-order valence-electron chi connectivity index (χ2n) is 4.87. The van der Waals surface area contributed by atoms with Crippen LogP contribution in [0.1, 0.15) is 16.0 Å². The second kappa shape index (κ2) is 4.95. The molecule has 0 bridgehead atoms. The van der Waals surface area contributed by atoms with Gasteiger partial charge in [-0.05, 0) is 48.1 Å². The molecule has 2 aromatic rings. The van der Waals surface area contributed by atoms with Crippen LogP contribution in [0.15, 0.2) is 34.5 Å². The predicted octanol–water partition coefficient (Wildman–Crippen LogP) is 2.94. The van der Waals surface area contributed by atoms with Crippen molar-refractivity contribution in [2.45, 2.75) is 24.8 Å². The molecule has 0 atom stereocenters. The van der Waals surface area contributed by atoms with Crippen LogP contribution in [0, 0.1) is 12.7 Å². The molecule has 6 heteroatoms. The topological polar surface area (TPSA) is 37.4 Å². The van der Waals surface area contributed by atoms with E-state index < -0.39 is 15.8 Å². The fraction of sp³-hybridized carbons (Fsp3) is 0.286. The number of rotatable bonds is 2. The molecule has 0 aliphatic carbocycles. The molecule has 0 amide bonds. The molecule has 0 radical (unpaired) electrons. The Morgan fingerprint density at radius 3 is 2.90 bits per heavy atom. The third-order valence-electron chi connectivity index (χ3n) is 3.54. The van der Waals surface area contributed by atoms with E-state index in [0.29, 0.717) is 18.7 Å². The van der Waals surface area contributed by atoms with Crippen molar-refractivity contribution in [3.63, 3.8) is 0 Å². The van der Waals surface area contributed by atoms with Crippen molar-refractivity contribution in [3.05, 3.63) is 51.5 Å². The van der Waals surface area contributed by atoms with Gasteiger partial charge in [-0.15, -0.1) is 11.3 Å². The Bertz CT molecular complexity index is 752. The maximum absolute atomic E-state index is 13.4. The molecule has 20 heavy (non-hydrogen) atoms. The van der Waals surface area contributed by atoms with Gasteiger partial charge in [0, 0.05) is 18.0 Å². The average molecular weight is 311 g/mol. The van der Waals surface area contributed by atoms with E-state index in [9.17, 15) is 12.8 Å². The first kappa shape index (κ1) is 13.7. The molecule has 106 valence electrons. The molecule has 3 nitrogen and oxygen atoms in total. The molecule has 0 unspecified atom stereocenters. The smallest absolute Gasteiger partial charge is 0.207 e. The normalized spacial score (nSPS) is 16.1. The summed E-state index contributed by atoms with van der Waals surface area (Å²) in [6.07, 6.45) is 0.723. The summed E-state index contributed by atoms with van der Waals surface area (Å²) in [4.78, 5) is 1.31. The number of fused-ring (bicyclic) bond motifs is 1. The lowest BCUT2D eigenvalue weighted by molar-refractivity contribution is 0.393. The molecule has 1 aromatic carbocycles. The summed E-state index contributed by atoms with van der Waals surface area (Å²) in [5, 5.41) is 1.98. The van der Waals surface area contributed by atoms with Gasteiger partial charge in [0.25, 0.3) is 0 Å². The summed E-state index contributed by atoms with van der Waals surface area (Å²) in [5.74, 6) is -0.526. The zero-order valence-electron chi connectivity index (χ0n) is 11.0. The number of thiophene rings is 1. The van der Waals surface area contributed by atoms with E-state index in [1.54, 1.807) is 18.3 Å². The van der Waals surface area contributed by atoms with Gasteiger partial charge in [-0.25, -0.2) is 12.8 Å². The first-order valence-electron chi connectivity index (χ1n) is 6.30. The van der Waals surface area contributed by atoms with Crippen molar-refractivity contribution in [1.82, 2.24) is 4.31 Å². The Balaban J connectivity index is 1.99. The van der Waals surface area contributed by atoms with Crippen LogP contribution in [0.3, 0.4) is 0 Å². The second-order valence-corrected chi connectivity index (χ2v) is 7.77. The molecular weight excluding hydrogens is 297 g/mol. The lowest BCUT2D eigenvalue weighted by Gasteiger charge is -2.26. The quantitative estimate of drug-likeness (QED) is 0.855. The molecule has 1 aliphatic heterocycles. The first-order valence-corrected chi connectivity index (χ1v) is 8.62. The fourth-order valence-corrected chi connectivity index (χ4v) is 4.96. The molecular formula is C14H14FNO2S2. The number of sulfonamides is 1. The van der Waals surface area contributed by atoms with Gasteiger partial charge in [0.05, 0.1) is 4.90 Å². The number of hydrogen-bond acceptors (Lipinski definition) is 3. The fourth-order valence-electron chi connectivity index (χ4n) is 2.42. The minimum absolute atomic E-state index is 0.0659. The van der Waals surface area contributed by atoms with E-state index in [1.165, 1.54) is 21.3 Å². The standard InChI is InChI=1S/C14H14FNO2S2/c1-10-2-3-12(15)8-14(10)20(17,18)16-6-4-13-11(9-16)5-7-19-13/h2-3,5,7-8H,4,6,9H2,1H3. The van der Waals surface area contributed by atoms with Gasteiger partial charge in [0.15, 0.2) is 0 Å². The highest BCUT2D eigenvalue weighted by Crippen LogP contribution is 2.29. The molecule has 1 aromatic heterocycles. The van der Waals surface area contributed by atoms with Gasteiger partial charge in [0.2, 0.25) is 10.0 Å². The third kappa shape index (κ3) is 2.28. The SMILES string of the molecule is Cc1ccc(F)cc1S(=O)(=O)N1CCc2sccc2C1. The molecule has 0 saturated carbocycles. The number of hydrogen-bond donors (Lipinski definition) is 0. The van der Waals surface area contributed by atoms with Gasteiger partial charge in [-0.2, -0.15) is 4.31 Å². The Morgan fingerprint density at radius 1 is 1.30 bits per heavy atom. The zero-order chi connectivity index (χ0) is 14.3. The summed E-state index contributed by atoms with van der Waals surface area (Å²) in [7, 11) is -3.64. The van der Waals surface area contributed by atoms with Crippen molar-refractivity contribution >= 4 is 21.4 Å². The van der Waals surface area contributed by atoms with Crippen LogP contribution >= 0.6 is 11.3 Å². The Labute approximate surface area is 121 Å². The highest BCUT2D eigenvalue weighted by Gasteiger charge is 2.30. The van der Waals surface area contributed by atoms with Crippen LogP contribution in [-0.2, 0) is 23.0 Å². The highest BCUT2D eigenvalue weighted by molar-refractivity contribution is 7.89. The maximum Gasteiger partial charge on any atom is 0.243 e. The molecule has 2 heterocycles. The van der Waals surface area contributed by atoms with Gasteiger partial charge in [0.1, 0.15) is 5.82 Å². The van der Waals surface area contributed by atoms with E-state index in [2.05, 4.69) is 0 Å². The minimum Gasteiger partial charge on any atom is -0.207 e. The summed E-state index contributed by atoms with van der Waals surface area (Å²) in [6.45, 7) is 2.51. The van der Waals surface area contributed by atoms with Gasteiger partial charge >= 0.3 is 0 Å². The lowest BCUT2D eigenvalue weighted by Crippen LogP contribution is -2.35. The first-order chi connectivity index (χ1) is 9.48. The molecule has 0 spiro atoms. The Morgan fingerprint density at radius 2 is 2.10 bits per heavy atom. The van der Waals surface area contributed by atoms with Crippen LogP contribution in [0.2, 0.25) is 0 Å². The monoisotopic (exact) mass is 311 g/mol. The molecule has 0 N–H and O–H groups in total. The molecule has 0 fully saturated rings. The van der Waals surface area contributed by atoms with Crippen molar-refractivity contribution in [2.24, 2.45) is 0 Å². The van der Waals surface area contributed by atoms with E-state index >= 15 is 0 Å². The van der Waals surface area contributed by atoms with Gasteiger partial charge in [-0.3, -0.25) is 0 Å². The largest absolute Gasteiger partial charge is 0.243 e. The summed E-state index contributed by atoms with van der Waals surface area (Å²) in [6, 6.07) is 5.84. The van der Waals surface area contributed by atoms with Crippen LogP contribution in [0.5, 0.6) is 0 Å². The lowest BCUT2D eigenvalue weighted by atomic mass is 10.1. The van der Waals surface area contributed by atoms with Crippen molar-refractivity contribution < 1.29 is 12.8 Å². The Hall–Kier alpha value is -1.24. The van der Waals surface area contributed by atoms with Crippen LogP contribution < -0.4 is 0 Å². The Kier molecular flexibility index (Phi) is 3.40. The van der Waals surface area contributed by atoms with E-state index in [-0.39, 0.29) is 4.90 Å². The predicted molar refractivity (Wildman–Crippen MR) is 76.8 cm³/mol. The van der Waals surface area contributed by atoms with Crippen molar-refractivity contribution in [2.75, 3.05) is 6.54 Å². The molecule has 1 aliphatic rings. The third-order valence-corrected chi connectivity index (χ3v) is 6.55. The van der Waals surface area contributed by atoms with Crippen molar-refractivity contribution in [1.29, 1.82) is 0 Å². The molecule has 0 saturated heterocycles. The number of nitrogens with zero attached hydrogens (tertiary/aromatic N) is 1. The van der Waals surface area contributed by atoms with Crippen molar-refractivity contribution in [3.8, 4) is 0 Å². The summed E-state index contributed by atoms with van der Waals surface area (Å²) >= 11 is 1.66. The number of benzene rings is 1. The highest BCUT2D eigenvalue weighted by atomic mass is 32.2. The average Bonchev–Trinajstić information content (AvgIpc) is 2.88. The van der Waals surface area contributed by atoms with E-state index in [0.717, 1.165) is 18.1 Å². The summed E-state index contributed by atoms with van der Waals surface area (Å²) in [5.41, 5.74) is 1.63. The van der Waals surface area contributed by atoms with Crippen LogP contribution in [-0.4, -0.2) is 19.3 Å². The van der Waals surface area contributed by atoms with E-state index in [1.807, 2.05) is 11.4 Å². The van der Waals surface area contributed by atoms with Gasteiger partial charge in [-0.1, -0.05) is 6.07 Å². The van der Waals surface area contributed by atoms with Crippen LogP contribution in [0.25, 0.3) is 0 Å².